The number of amides is 2. The first-order valence-electron chi connectivity index (χ1n) is 5.69. The molecule has 1 aromatic carbocycles. The third-order valence-electron chi connectivity index (χ3n) is 2.84. The van der Waals surface area contributed by atoms with E-state index in [4.69, 9.17) is 10.7 Å². The van der Waals surface area contributed by atoms with Crippen molar-refractivity contribution in [2.75, 3.05) is 12.3 Å². The summed E-state index contributed by atoms with van der Waals surface area (Å²) in [4.78, 5) is 36.3. The Morgan fingerprint density at radius 2 is 1.60 bits per heavy atom. The maximum Gasteiger partial charge on any atom is 0.261 e. The lowest BCUT2D eigenvalue weighted by atomic mass is 10.1. The number of carbonyl (C=O) groups is 3. The van der Waals surface area contributed by atoms with Crippen LogP contribution in [-0.2, 0) is 13.8 Å². The summed E-state index contributed by atoms with van der Waals surface area (Å²) in [6.45, 7) is -0.446. The molecule has 2 rings (SSSR count). The molecule has 0 aliphatic carbocycles. The summed E-state index contributed by atoms with van der Waals surface area (Å²) in [7, 11) is 1.23. The Balaban J connectivity index is 2.07. The quantitative estimate of drug-likeness (QED) is 0.592. The first kappa shape index (κ1) is 14.7. The van der Waals surface area contributed by atoms with Gasteiger partial charge in [-0.25, -0.2) is 8.42 Å². The average molecular weight is 316 g/mol. The number of fused-ring (bicyclic) bond motifs is 1. The first-order valence-corrected chi connectivity index (χ1v) is 8.17. The normalized spacial score (nSPS) is 14.6. The fourth-order valence-electron chi connectivity index (χ4n) is 1.87. The van der Waals surface area contributed by atoms with Crippen LogP contribution in [0.4, 0.5) is 0 Å². The molecule has 0 saturated heterocycles. The minimum Gasteiger partial charge on any atom is -0.298 e. The van der Waals surface area contributed by atoms with Gasteiger partial charge in [0, 0.05) is 17.1 Å². The minimum absolute atomic E-state index is 0.246. The fraction of sp³-hybridized carbons (Fsp3) is 0.250. The van der Waals surface area contributed by atoms with E-state index in [1.165, 1.54) is 12.1 Å². The van der Waals surface area contributed by atoms with E-state index >= 15 is 0 Å². The highest BCUT2D eigenvalue weighted by Crippen LogP contribution is 2.22. The lowest BCUT2D eigenvalue weighted by molar-refractivity contribution is -0.119. The predicted molar refractivity (Wildman–Crippen MR) is 71.1 cm³/mol. The molecule has 0 saturated carbocycles. The number of benzene rings is 1. The number of hydrogen-bond donors (Lipinski definition) is 0. The maximum absolute atomic E-state index is 12.0. The molecule has 2 amide bonds. The van der Waals surface area contributed by atoms with E-state index in [1.54, 1.807) is 12.1 Å². The molecular formula is C12H10ClNO5S. The number of carbonyl (C=O) groups excluding carboxylic acids is 3. The lowest BCUT2D eigenvalue weighted by Gasteiger charge is -2.12. The molecule has 0 radical (unpaired) electrons. The summed E-state index contributed by atoms with van der Waals surface area (Å²) < 4.78 is 21.5. The Labute approximate surface area is 119 Å². The average Bonchev–Trinajstić information content (AvgIpc) is 2.62. The van der Waals surface area contributed by atoms with Crippen LogP contribution in [0.25, 0.3) is 0 Å². The van der Waals surface area contributed by atoms with Gasteiger partial charge in [0.25, 0.3) is 11.8 Å². The van der Waals surface area contributed by atoms with Crippen LogP contribution in [0.3, 0.4) is 0 Å². The number of hydrogen-bond acceptors (Lipinski definition) is 5. The molecule has 0 N–H and O–H groups in total. The SMILES string of the molecule is O=C(CCS(=O)(=O)Cl)CN1C(=O)c2ccccc2C1=O. The van der Waals surface area contributed by atoms with Crippen molar-refractivity contribution in [1.29, 1.82) is 0 Å². The van der Waals surface area contributed by atoms with Crippen molar-refractivity contribution in [2.24, 2.45) is 0 Å². The van der Waals surface area contributed by atoms with Gasteiger partial charge >= 0.3 is 0 Å². The zero-order valence-corrected chi connectivity index (χ0v) is 11.8. The van der Waals surface area contributed by atoms with Crippen LogP contribution in [0.5, 0.6) is 0 Å². The van der Waals surface area contributed by atoms with Crippen LogP contribution in [-0.4, -0.2) is 43.2 Å². The van der Waals surface area contributed by atoms with Gasteiger partial charge in [-0.1, -0.05) is 12.1 Å². The summed E-state index contributed by atoms with van der Waals surface area (Å²) in [5, 5.41) is 0. The number of rotatable bonds is 5. The first-order chi connectivity index (χ1) is 9.29. The molecule has 0 unspecified atom stereocenters. The Morgan fingerprint density at radius 3 is 2.05 bits per heavy atom. The van der Waals surface area contributed by atoms with E-state index in [0.717, 1.165) is 4.90 Å². The molecule has 1 aromatic rings. The topological polar surface area (TPSA) is 88.6 Å². The van der Waals surface area contributed by atoms with E-state index in [9.17, 15) is 22.8 Å². The van der Waals surface area contributed by atoms with Gasteiger partial charge in [-0.05, 0) is 12.1 Å². The Hall–Kier alpha value is -1.73. The molecule has 0 aromatic heterocycles. The fourth-order valence-corrected chi connectivity index (χ4v) is 2.58. The van der Waals surface area contributed by atoms with Gasteiger partial charge in [0.05, 0.1) is 23.4 Å². The second-order valence-electron chi connectivity index (χ2n) is 4.27. The van der Waals surface area contributed by atoms with Gasteiger partial charge in [0.1, 0.15) is 0 Å². The Kier molecular flexibility index (Phi) is 3.92. The van der Waals surface area contributed by atoms with Gasteiger partial charge in [-0.3, -0.25) is 19.3 Å². The second-order valence-corrected chi connectivity index (χ2v) is 7.17. The molecule has 20 heavy (non-hydrogen) atoms. The third-order valence-corrected chi connectivity index (χ3v) is 3.99. The van der Waals surface area contributed by atoms with E-state index < -0.39 is 38.9 Å². The van der Waals surface area contributed by atoms with Crippen molar-refractivity contribution in [3.63, 3.8) is 0 Å². The van der Waals surface area contributed by atoms with Crippen molar-refractivity contribution in [3.05, 3.63) is 35.4 Å². The highest BCUT2D eigenvalue weighted by atomic mass is 35.7. The number of halogens is 1. The molecule has 1 aliphatic rings. The third kappa shape index (κ3) is 3.05. The summed E-state index contributed by atoms with van der Waals surface area (Å²) in [5.74, 6) is -2.15. The molecule has 8 heteroatoms. The van der Waals surface area contributed by atoms with E-state index in [0.29, 0.717) is 0 Å². The largest absolute Gasteiger partial charge is 0.298 e. The van der Waals surface area contributed by atoms with Crippen LogP contribution in [0.1, 0.15) is 27.1 Å². The van der Waals surface area contributed by atoms with Crippen molar-refractivity contribution in [3.8, 4) is 0 Å². The van der Waals surface area contributed by atoms with Gasteiger partial charge in [-0.15, -0.1) is 0 Å². The summed E-state index contributed by atoms with van der Waals surface area (Å²) in [5.41, 5.74) is 0.491. The van der Waals surface area contributed by atoms with E-state index in [1.807, 2.05) is 0 Å². The number of nitrogens with zero attached hydrogens (tertiary/aromatic N) is 1. The van der Waals surface area contributed by atoms with Crippen molar-refractivity contribution in [2.45, 2.75) is 6.42 Å². The molecule has 0 bridgehead atoms. The molecule has 0 fully saturated rings. The number of imide groups is 1. The van der Waals surface area contributed by atoms with Crippen LogP contribution >= 0.6 is 10.7 Å². The molecular weight excluding hydrogens is 306 g/mol. The molecule has 6 nitrogen and oxygen atoms in total. The van der Waals surface area contributed by atoms with Gasteiger partial charge in [0.2, 0.25) is 9.05 Å². The highest BCUT2D eigenvalue weighted by Gasteiger charge is 2.36. The lowest BCUT2D eigenvalue weighted by Crippen LogP contribution is -2.35. The van der Waals surface area contributed by atoms with Crippen LogP contribution in [0.2, 0.25) is 0 Å². The maximum atomic E-state index is 12.0. The van der Waals surface area contributed by atoms with Crippen molar-refractivity contribution in [1.82, 2.24) is 4.90 Å². The molecule has 106 valence electrons. The Bertz CT molecular complexity index is 663. The van der Waals surface area contributed by atoms with E-state index in [-0.39, 0.29) is 17.5 Å². The summed E-state index contributed by atoms with van der Waals surface area (Å²) in [6, 6.07) is 6.25. The van der Waals surface area contributed by atoms with E-state index in [2.05, 4.69) is 0 Å². The molecule has 1 heterocycles. The second kappa shape index (κ2) is 5.34. The van der Waals surface area contributed by atoms with Gasteiger partial charge in [0.15, 0.2) is 5.78 Å². The highest BCUT2D eigenvalue weighted by molar-refractivity contribution is 8.13. The van der Waals surface area contributed by atoms with Gasteiger partial charge < -0.3 is 0 Å². The predicted octanol–water partition coefficient (Wildman–Crippen LogP) is 0.810. The Morgan fingerprint density at radius 1 is 1.10 bits per heavy atom. The monoisotopic (exact) mass is 315 g/mol. The van der Waals surface area contributed by atoms with Crippen molar-refractivity contribution >= 4 is 37.3 Å². The van der Waals surface area contributed by atoms with Gasteiger partial charge in [-0.2, -0.15) is 0 Å². The molecule has 1 aliphatic heterocycles. The van der Waals surface area contributed by atoms with Crippen molar-refractivity contribution < 1.29 is 22.8 Å². The van der Waals surface area contributed by atoms with Crippen LogP contribution in [0, 0.1) is 0 Å². The zero-order valence-electron chi connectivity index (χ0n) is 10.2. The number of Topliss-reactive ketones (excluding diaryl/α,β-unsaturated/α-hetero) is 1. The molecule has 0 atom stereocenters. The van der Waals surface area contributed by atoms with Crippen LogP contribution in [0.15, 0.2) is 24.3 Å². The summed E-state index contributed by atoms with van der Waals surface area (Å²) >= 11 is 0. The standard InChI is InChI=1S/C12H10ClNO5S/c13-20(18,19)6-5-8(15)7-14-11(16)9-3-1-2-4-10(9)12(14)17/h1-4H,5-7H2. The molecule has 0 spiro atoms. The van der Waals surface area contributed by atoms with Crippen LogP contribution < -0.4 is 0 Å². The number of ketones is 1. The zero-order chi connectivity index (χ0) is 14.9. The summed E-state index contributed by atoms with van der Waals surface area (Å²) in [6.07, 6.45) is -0.334. The minimum atomic E-state index is -3.77. The smallest absolute Gasteiger partial charge is 0.261 e.